The normalized spacial score (nSPS) is 14.8. The van der Waals surface area contributed by atoms with E-state index in [-0.39, 0.29) is 5.91 Å². The number of hydrogen-bond donors (Lipinski definition) is 1. The van der Waals surface area contributed by atoms with Gasteiger partial charge in [-0.05, 0) is 40.2 Å². The molecule has 0 atom stereocenters. The van der Waals surface area contributed by atoms with Crippen molar-refractivity contribution >= 4 is 27.5 Å². The molecule has 1 N–H and O–H groups in total. The first-order valence-corrected chi connectivity index (χ1v) is 7.18. The number of anilines is 1. The molecule has 0 fully saturated rings. The highest BCUT2D eigenvalue weighted by Crippen LogP contribution is 2.40. The van der Waals surface area contributed by atoms with Crippen LogP contribution in [0.15, 0.2) is 41.0 Å². The lowest BCUT2D eigenvalue weighted by atomic mass is 10.2. The molecule has 0 aliphatic carbocycles. The zero-order chi connectivity index (χ0) is 15.0. The van der Waals surface area contributed by atoms with Gasteiger partial charge in [-0.2, -0.15) is 0 Å². The molecule has 1 aromatic heterocycles. The highest BCUT2D eigenvalue weighted by molar-refractivity contribution is 9.10. The second kappa shape index (κ2) is 5.04. The Bertz CT molecular complexity index is 716. The minimum absolute atomic E-state index is 0.291. The van der Waals surface area contributed by atoms with Gasteiger partial charge >= 0.3 is 0 Å². The third-order valence-electron chi connectivity index (χ3n) is 2.89. The molecule has 1 aliphatic rings. The molecule has 3 rings (SSSR count). The lowest BCUT2D eigenvalue weighted by molar-refractivity contribution is -0.0431. The number of halogens is 1. The second-order valence-corrected chi connectivity index (χ2v) is 5.91. The first-order valence-electron chi connectivity index (χ1n) is 6.38. The summed E-state index contributed by atoms with van der Waals surface area (Å²) < 4.78 is 11.9. The van der Waals surface area contributed by atoms with Gasteiger partial charge in [0.1, 0.15) is 5.69 Å². The molecule has 0 saturated heterocycles. The Morgan fingerprint density at radius 2 is 2.00 bits per heavy atom. The van der Waals surface area contributed by atoms with Crippen LogP contribution in [0.4, 0.5) is 5.69 Å². The third kappa shape index (κ3) is 2.85. The van der Waals surface area contributed by atoms with Gasteiger partial charge in [0.15, 0.2) is 11.5 Å². The minimum Gasteiger partial charge on any atom is -0.449 e. The van der Waals surface area contributed by atoms with Crippen LogP contribution in [0.2, 0.25) is 0 Å². The predicted molar refractivity (Wildman–Crippen MR) is 81.7 cm³/mol. The van der Waals surface area contributed by atoms with Crippen LogP contribution in [-0.2, 0) is 0 Å². The van der Waals surface area contributed by atoms with Crippen LogP contribution in [0.3, 0.4) is 0 Å². The van der Waals surface area contributed by atoms with E-state index in [0.717, 1.165) is 0 Å². The van der Waals surface area contributed by atoms with Crippen LogP contribution in [0.1, 0.15) is 24.3 Å². The molecule has 5 nitrogen and oxygen atoms in total. The summed E-state index contributed by atoms with van der Waals surface area (Å²) in [6, 6.07) is 8.79. The van der Waals surface area contributed by atoms with E-state index in [1.54, 1.807) is 36.5 Å². The lowest BCUT2D eigenvalue weighted by Gasteiger charge is -2.16. The highest BCUT2D eigenvalue weighted by Gasteiger charge is 2.31. The summed E-state index contributed by atoms with van der Waals surface area (Å²) in [6.07, 6.45) is 1.57. The smallest absolute Gasteiger partial charge is 0.275 e. The average Bonchev–Trinajstić information content (AvgIpc) is 2.72. The van der Waals surface area contributed by atoms with Gasteiger partial charge in [0.05, 0.1) is 0 Å². The SMILES string of the molecule is CC1(C)Oc2ccc(NC(=O)c3ncccc3Br)cc2O1. The van der Waals surface area contributed by atoms with Gasteiger partial charge in [-0.15, -0.1) is 0 Å². The van der Waals surface area contributed by atoms with Gasteiger partial charge in [0.25, 0.3) is 5.91 Å². The van der Waals surface area contributed by atoms with Gasteiger partial charge in [-0.25, -0.2) is 4.98 Å². The Kier molecular flexibility index (Phi) is 3.33. The molecular formula is C15H13BrN2O3. The summed E-state index contributed by atoms with van der Waals surface area (Å²) in [5, 5.41) is 2.79. The van der Waals surface area contributed by atoms with Crippen molar-refractivity contribution in [1.82, 2.24) is 4.98 Å². The van der Waals surface area contributed by atoms with Crippen molar-refractivity contribution < 1.29 is 14.3 Å². The molecule has 0 saturated carbocycles. The quantitative estimate of drug-likeness (QED) is 0.900. The Hall–Kier alpha value is -2.08. The number of amides is 1. The summed E-state index contributed by atoms with van der Waals surface area (Å²) in [5.74, 6) is 0.296. The Morgan fingerprint density at radius 3 is 2.76 bits per heavy atom. The molecule has 2 heterocycles. The molecule has 0 radical (unpaired) electrons. The molecule has 0 bridgehead atoms. The number of rotatable bonds is 2. The molecule has 0 spiro atoms. The van der Waals surface area contributed by atoms with Crippen LogP contribution >= 0.6 is 15.9 Å². The lowest BCUT2D eigenvalue weighted by Crippen LogP contribution is -2.29. The first-order chi connectivity index (χ1) is 9.94. The van der Waals surface area contributed by atoms with Gasteiger partial charge in [0, 0.05) is 36.3 Å². The average molecular weight is 349 g/mol. The predicted octanol–water partition coefficient (Wildman–Crippen LogP) is 3.60. The van der Waals surface area contributed by atoms with Crippen molar-refractivity contribution in [2.45, 2.75) is 19.6 Å². The summed E-state index contributed by atoms with van der Waals surface area (Å²) >= 11 is 3.31. The number of nitrogens with zero attached hydrogens (tertiary/aromatic N) is 1. The zero-order valence-corrected chi connectivity index (χ0v) is 13.1. The topological polar surface area (TPSA) is 60.5 Å². The summed E-state index contributed by atoms with van der Waals surface area (Å²) in [4.78, 5) is 16.2. The molecule has 1 aliphatic heterocycles. The van der Waals surface area contributed by atoms with Crippen LogP contribution in [0.25, 0.3) is 0 Å². The summed E-state index contributed by atoms with van der Waals surface area (Å²) in [6.45, 7) is 3.66. The fourth-order valence-electron chi connectivity index (χ4n) is 2.04. The fraction of sp³-hybridized carbons (Fsp3) is 0.200. The van der Waals surface area contributed by atoms with E-state index in [1.807, 2.05) is 13.8 Å². The number of carbonyl (C=O) groups is 1. The van der Waals surface area contributed by atoms with Crippen molar-refractivity contribution in [3.05, 3.63) is 46.7 Å². The fourth-order valence-corrected chi connectivity index (χ4v) is 2.48. The largest absolute Gasteiger partial charge is 0.449 e. The van der Waals surface area contributed by atoms with Crippen molar-refractivity contribution in [2.75, 3.05) is 5.32 Å². The number of aromatic nitrogens is 1. The Labute approximate surface area is 130 Å². The number of ether oxygens (including phenoxy) is 2. The van der Waals surface area contributed by atoms with Crippen molar-refractivity contribution in [1.29, 1.82) is 0 Å². The minimum atomic E-state index is -0.686. The van der Waals surface area contributed by atoms with Crippen LogP contribution in [0, 0.1) is 0 Å². The Balaban J connectivity index is 1.81. The molecular weight excluding hydrogens is 336 g/mol. The van der Waals surface area contributed by atoms with E-state index in [4.69, 9.17) is 9.47 Å². The number of nitrogens with one attached hydrogen (secondary N) is 1. The van der Waals surface area contributed by atoms with Gasteiger partial charge in [-0.1, -0.05) is 0 Å². The number of carbonyl (C=O) groups excluding carboxylic acids is 1. The standard InChI is InChI=1S/C15H13BrN2O3/c1-15(2)20-11-6-5-9(8-12(11)21-15)18-14(19)13-10(16)4-3-7-17-13/h3-8H,1-2H3,(H,18,19). The number of pyridine rings is 1. The maximum atomic E-state index is 12.2. The van der Waals surface area contributed by atoms with E-state index in [1.165, 1.54) is 0 Å². The highest BCUT2D eigenvalue weighted by atomic mass is 79.9. The number of fused-ring (bicyclic) bond motifs is 1. The molecule has 1 aromatic carbocycles. The molecule has 108 valence electrons. The molecule has 2 aromatic rings. The third-order valence-corrected chi connectivity index (χ3v) is 3.53. The van der Waals surface area contributed by atoms with Gasteiger partial charge in [-0.3, -0.25) is 4.79 Å². The number of hydrogen-bond acceptors (Lipinski definition) is 4. The monoisotopic (exact) mass is 348 g/mol. The van der Waals surface area contributed by atoms with Crippen molar-refractivity contribution in [2.24, 2.45) is 0 Å². The van der Waals surface area contributed by atoms with Gasteiger partial charge in [0.2, 0.25) is 5.79 Å². The van der Waals surface area contributed by atoms with Crippen LogP contribution in [-0.4, -0.2) is 16.7 Å². The first kappa shape index (κ1) is 13.9. The van der Waals surface area contributed by atoms with Crippen LogP contribution < -0.4 is 14.8 Å². The molecule has 21 heavy (non-hydrogen) atoms. The van der Waals surface area contributed by atoms with E-state index in [0.29, 0.717) is 27.4 Å². The zero-order valence-electron chi connectivity index (χ0n) is 11.5. The maximum Gasteiger partial charge on any atom is 0.275 e. The van der Waals surface area contributed by atoms with E-state index in [2.05, 4.69) is 26.2 Å². The molecule has 1 amide bonds. The van der Waals surface area contributed by atoms with E-state index >= 15 is 0 Å². The summed E-state index contributed by atoms with van der Waals surface area (Å²) in [7, 11) is 0. The number of benzene rings is 1. The van der Waals surface area contributed by atoms with E-state index in [9.17, 15) is 4.79 Å². The van der Waals surface area contributed by atoms with E-state index < -0.39 is 5.79 Å². The Morgan fingerprint density at radius 1 is 1.24 bits per heavy atom. The maximum absolute atomic E-state index is 12.2. The van der Waals surface area contributed by atoms with Gasteiger partial charge < -0.3 is 14.8 Å². The second-order valence-electron chi connectivity index (χ2n) is 5.05. The van der Waals surface area contributed by atoms with Crippen molar-refractivity contribution in [3.8, 4) is 11.5 Å². The van der Waals surface area contributed by atoms with Crippen LogP contribution in [0.5, 0.6) is 11.5 Å². The molecule has 6 heteroatoms. The molecule has 0 unspecified atom stereocenters. The summed E-state index contributed by atoms with van der Waals surface area (Å²) in [5.41, 5.74) is 0.952. The van der Waals surface area contributed by atoms with Crippen molar-refractivity contribution in [3.63, 3.8) is 0 Å².